The van der Waals surface area contributed by atoms with Gasteiger partial charge in [0.2, 0.25) is 0 Å². The molecule has 1 heterocycles. The van der Waals surface area contributed by atoms with E-state index >= 15 is 0 Å². The van der Waals surface area contributed by atoms with Crippen molar-refractivity contribution >= 4 is 5.91 Å². The van der Waals surface area contributed by atoms with E-state index in [0.29, 0.717) is 12.5 Å². The van der Waals surface area contributed by atoms with Crippen LogP contribution in [0.3, 0.4) is 0 Å². The number of carbonyl (C=O) groups excluding carboxylic acids is 1. The van der Waals surface area contributed by atoms with Gasteiger partial charge in [0.1, 0.15) is 5.69 Å². The van der Waals surface area contributed by atoms with Crippen molar-refractivity contribution in [3.8, 4) is 0 Å². The fraction of sp³-hybridized carbons (Fsp3) is 0.667. The number of nitrogens with two attached hydrogens (primary N) is 1. The van der Waals surface area contributed by atoms with Crippen LogP contribution in [0.4, 0.5) is 0 Å². The highest BCUT2D eigenvalue weighted by Crippen LogP contribution is 2.33. The molecule has 1 saturated carbocycles. The van der Waals surface area contributed by atoms with Crippen LogP contribution in [0.25, 0.3) is 0 Å². The second-order valence-corrected chi connectivity index (χ2v) is 5.64. The van der Waals surface area contributed by atoms with E-state index in [2.05, 4.69) is 12.2 Å². The molecule has 2 unspecified atom stereocenters. The Kier molecular flexibility index (Phi) is 4.30. The first-order chi connectivity index (χ1) is 9.13. The molecule has 0 aromatic carbocycles. The molecule has 4 nitrogen and oxygen atoms in total. The van der Waals surface area contributed by atoms with Gasteiger partial charge in [-0.15, -0.1) is 0 Å². The summed E-state index contributed by atoms with van der Waals surface area (Å²) in [6.07, 6.45) is 6.46. The van der Waals surface area contributed by atoms with Crippen molar-refractivity contribution in [3.05, 3.63) is 24.0 Å². The molecule has 2 rings (SSSR count). The van der Waals surface area contributed by atoms with E-state index in [1.54, 1.807) is 0 Å². The average Bonchev–Trinajstić information content (AvgIpc) is 2.90. The summed E-state index contributed by atoms with van der Waals surface area (Å²) in [5.74, 6) is 0.450. The van der Waals surface area contributed by atoms with E-state index in [0.717, 1.165) is 31.5 Å². The molecule has 0 radical (unpaired) electrons. The number of aromatic nitrogens is 1. The third-order valence-electron chi connectivity index (χ3n) is 4.58. The summed E-state index contributed by atoms with van der Waals surface area (Å²) >= 11 is 0. The largest absolute Gasteiger partial charge is 0.344 e. The van der Waals surface area contributed by atoms with Crippen molar-refractivity contribution in [2.24, 2.45) is 11.7 Å². The monoisotopic (exact) mass is 263 g/mol. The molecule has 3 N–H and O–H groups in total. The lowest BCUT2D eigenvalue weighted by Gasteiger charge is -2.42. The first-order valence-electron chi connectivity index (χ1n) is 7.30. The van der Waals surface area contributed by atoms with E-state index in [9.17, 15) is 4.79 Å². The van der Waals surface area contributed by atoms with Gasteiger partial charge in [0.05, 0.1) is 5.54 Å². The highest BCUT2D eigenvalue weighted by Gasteiger charge is 2.38. The van der Waals surface area contributed by atoms with Gasteiger partial charge in [-0.2, -0.15) is 0 Å². The Hall–Kier alpha value is -1.29. The molecule has 1 fully saturated rings. The maximum atomic E-state index is 12.5. The smallest absolute Gasteiger partial charge is 0.268 e. The van der Waals surface area contributed by atoms with E-state index in [-0.39, 0.29) is 11.4 Å². The summed E-state index contributed by atoms with van der Waals surface area (Å²) in [4.78, 5) is 12.5. The Labute approximate surface area is 115 Å². The number of nitrogens with one attached hydrogen (secondary N) is 1. The molecule has 2 atom stereocenters. The van der Waals surface area contributed by atoms with Crippen molar-refractivity contribution in [2.45, 2.75) is 51.6 Å². The zero-order valence-electron chi connectivity index (χ0n) is 12.0. The maximum absolute atomic E-state index is 12.5. The first-order valence-corrected chi connectivity index (χ1v) is 7.30. The van der Waals surface area contributed by atoms with Gasteiger partial charge in [-0.25, -0.2) is 0 Å². The van der Waals surface area contributed by atoms with Crippen molar-refractivity contribution in [1.29, 1.82) is 0 Å². The van der Waals surface area contributed by atoms with Gasteiger partial charge in [-0.3, -0.25) is 4.79 Å². The molecule has 0 spiro atoms. The van der Waals surface area contributed by atoms with Crippen LogP contribution in [0.1, 0.15) is 50.0 Å². The fourth-order valence-corrected chi connectivity index (χ4v) is 3.14. The van der Waals surface area contributed by atoms with Crippen LogP contribution in [-0.4, -0.2) is 22.6 Å². The fourth-order valence-electron chi connectivity index (χ4n) is 3.14. The Morgan fingerprint density at radius 3 is 3.00 bits per heavy atom. The third kappa shape index (κ3) is 2.68. The Morgan fingerprint density at radius 1 is 1.58 bits per heavy atom. The van der Waals surface area contributed by atoms with E-state index in [1.807, 2.05) is 29.8 Å². The molecule has 1 aromatic rings. The average molecular weight is 263 g/mol. The summed E-state index contributed by atoms with van der Waals surface area (Å²) in [6, 6.07) is 3.79. The van der Waals surface area contributed by atoms with Gasteiger partial charge in [-0.1, -0.05) is 19.8 Å². The zero-order chi connectivity index (χ0) is 13.9. The standard InChI is InChI=1S/C15H25N3O/c1-3-18-10-6-8-13(18)14(19)17-15(11-16)9-5-4-7-12(15)2/h6,8,10,12H,3-5,7,9,11,16H2,1-2H3,(H,17,19). The van der Waals surface area contributed by atoms with Crippen molar-refractivity contribution in [2.75, 3.05) is 6.54 Å². The minimum atomic E-state index is -0.224. The van der Waals surface area contributed by atoms with E-state index < -0.39 is 0 Å². The Morgan fingerprint density at radius 2 is 2.37 bits per heavy atom. The molecular formula is C15H25N3O. The van der Waals surface area contributed by atoms with Crippen LogP contribution in [0.2, 0.25) is 0 Å². The minimum Gasteiger partial charge on any atom is -0.344 e. The normalized spacial score (nSPS) is 27.2. The number of nitrogens with zero attached hydrogens (tertiary/aromatic N) is 1. The maximum Gasteiger partial charge on any atom is 0.268 e. The first kappa shape index (κ1) is 14.1. The highest BCUT2D eigenvalue weighted by molar-refractivity contribution is 5.93. The van der Waals surface area contributed by atoms with Crippen molar-refractivity contribution < 1.29 is 4.79 Å². The van der Waals surface area contributed by atoms with Crippen molar-refractivity contribution in [1.82, 2.24) is 9.88 Å². The van der Waals surface area contributed by atoms with Gasteiger partial charge in [0.25, 0.3) is 5.91 Å². The lowest BCUT2D eigenvalue weighted by atomic mass is 9.73. The minimum absolute atomic E-state index is 0.00560. The van der Waals surface area contributed by atoms with Crippen LogP contribution in [0.5, 0.6) is 0 Å². The molecule has 19 heavy (non-hydrogen) atoms. The van der Waals surface area contributed by atoms with E-state index in [1.165, 1.54) is 6.42 Å². The van der Waals surface area contributed by atoms with Gasteiger partial charge in [-0.05, 0) is 37.8 Å². The SMILES string of the molecule is CCn1cccc1C(=O)NC1(CN)CCCCC1C. The summed E-state index contributed by atoms with van der Waals surface area (Å²) < 4.78 is 1.97. The molecule has 0 aliphatic heterocycles. The molecule has 1 amide bonds. The summed E-state index contributed by atoms with van der Waals surface area (Å²) in [5, 5.41) is 3.22. The highest BCUT2D eigenvalue weighted by atomic mass is 16.2. The Balaban J connectivity index is 2.16. The number of hydrogen-bond acceptors (Lipinski definition) is 2. The summed E-state index contributed by atoms with van der Waals surface area (Å²) in [7, 11) is 0. The van der Waals surface area contributed by atoms with Gasteiger partial charge < -0.3 is 15.6 Å². The Bertz CT molecular complexity index is 440. The predicted molar refractivity (Wildman–Crippen MR) is 77.0 cm³/mol. The summed E-state index contributed by atoms with van der Waals surface area (Å²) in [5.41, 5.74) is 6.49. The number of aryl methyl sites for hydroxylation is 1. The molecule has 0 saturated heterocycles. The molecule has 0 bridgehead atoms. The van der Waals surface area contributed by atoms with Crippen molar-refractivity contribution in [3.63, 3.8) is 0 Å². The number of hydrogen-bond donors (Lipinski definition) is 2. The van der Waals surface area contributed by atoms with Crippen LogP contribution >= 0.6 is 0 Å². The molecule has 1 aromatic heterocycles. The quantitative estimate of drug-likeness (QED) is 0.874. The lowest BCUT2D eigenvalue weighted by molar-refractivity contribution is 0.0803. The number of amides is 1. The van der Waals surface area contributed by atoms with Gasteiger partial charge in [0.15, 0.2) is 0 Å². The molecule has 1 aliphatic rings. The van der Waals surface area contributed by atoms with Crippen LogP contribution in [-0.2, 0) is 6.54 Å². The van der Waals surface area contributed by atoms with Crippen LogP contribution < -0.4 is 11.1 Å². The number of rotatable bonds is 4. The molecular weight excluding hydrogens is 238 g/mol. The summed E-state index contributed by atoms with van der Waals surface area (Å²) in [6.45, 7) is 5.57. The van der Waals surface area contributed by atoms with Crippen LogP contribution in [0.15, 0.2) is 18.3 Å². The molecule has 106 valence electrons. The van der Waals surface area contributed by atoms with Gasteiger partial charge in [0, 0.05) is 19.3 Å². The topological polar surface area (TPSA) is 60.0 Å². The van der Waals surface area contributed by atoms with E-state index in [4.69, 9.17) is 5.73 Å². The third-order valence-corrected chi connectivity index (χ3v) is 4.58. The van der Waals surface area contributed by atoms with Gasteiger partial charge >= 0.3 is 0 Å². The second-order valence-electron chi connectivity index (χ2n) is 5.64. The number of carbonyl (C=O) groups is 1. The molecule has 4 heteroatoms. The van der Waals surface area contributed by atoms with Crippen LogP contribution in [0, 0.1) is 5.92 Å². The molecule has 1 aliphatic carbocycles. The lowest BCUT2D eigenvalue weighted by Crippen LogP contribution is -2.59. The second kappa shape index (κ2) is 5.78. The predicted octanol–water partition coefficient (Wildman–Crippen LogP) is 2.15. The zero-order valence-corrected chi connectivity index (χ0v) is 12.0.